The van der Waals surface area contributed by atoms with Crippen molar-refractivity contribution in [1.29, 1.82) is 0 Å². The van der Waals surface area contributed by atoms with Gasteiger partial charge in [0.15, 0.2) is 0 Å². The van der Waals surface area contributed by atoms with Crippen LogP contribution in [-0.4, -0.2) is 15.6 Å². The van der Waals surface area contributed by atoms with Gasteiger partial charge in [0.2, 0.25) is 0 Å². The SMILES string of the molecule is CCCCCC(=O)Cc1cc(CC)nn1C. The minimum absolute atomic E-state index is 0.333. The van der Waals surface area contributed by atoms with Gasteiger partial charge in [-0.2, -0.15) is 5.10 Å². The lowest BCUT2D eigenvalue weighted by atomic mass is 10.1. The summed E-state index contributed by atoms with van der Waals surface area (Å²) < 4.78 is 1.83. The first kappa shape index (κ1) is 12.9. The molecule has 0 N–H and O–H groups in total. The minimum atomic E-state index is 0.333. The number of aryl methyl sites for hydroxylation is 2. The maximum atomic E-state index is 11.7. The number of aromatic nitrogens is 2. The Morgan fingerprint density at radius 2 is 2.12 bits per heavy atom. The molecule has 0 saturated heterocycles. The van der Waals surface area contributed by atoms with E-state index < -0.39 is 0 Å². The van der Waals surface area contributed by atoms with Crippen molar-refractivity contribution in [3.63, 3.8) is 0 Å². The molecular weight excluding hydrogens is 200 g/mol. The van der Waals surface area contributed by atoms with Crippen LogP contribution in [0, 0.1) is 0 Å². The highest BCUT2D eigenvalue weighted by Crippen LogP contribution is 2.08. The maximum Gasteiger partial charge on any atom is 0.138 e. The van der Waals surface area contributed by atoms with Crippen LogP contribution in [0.15, 0.2) is 6.07 Å². The molecule has 0 aromatic carbocycles. The summed E-state index contributed by atoms with van der Waals surface area (Å²) in [5, 5.41) is 4.34. The standard InChI is InChI=1S/C13H22N2O/c1-4-6-7-8-13(16)10-12-9-11(5-2)14-15(12)3/h9H,4-8,10H2,1-3H3. The first-order valence-electron chi connectivity index (χ1n) is 6.20. The highest BCUT2D eigenvalue weighted by Gasteiger charge is 2.08. The van der Waals surface area contributed by atoms with Crippen molar-refractivity contribution in [2.24, 2.45) is 7.05 Å². The zero-order valence-corrected chi connectivity index (χ0v) is 10.6. The second-order valence-corrected chi connectivity index (χ2v) is 4.28. The summed E-state index contributed by atoms with van der Waals surface area (Å²) in [7, 11) is 1.91. The largest absolute Gasteiger partial charge is 0.299 e. The molecule has 1 rings (SSSR count). The number of unbranched alkanes of at least 4 members (excludes halogenated alkanes) is 2. The summed E-state index contributed by atoms with van der Waals surface area (Å²) in [6.07, 6.45) is 5.51. The van der Waals surface area contributed by atoms with Crippen LogP contribution in [0.3, 0.4) is 0 Å². The molecule has 0 saturated carbocycles. The molecule has 3 nitrogen and oxygen atoms in total. The third kappa shape index (κ3) is 3.80. The van der Waals surface area contributed by atoms with Gasteiger partial charge in [-0.05, 0) is 18.9 Å². The molecule has 0 amide bonds. The normalized spacial score (nSPS) is 10.7. The van der Waals surface area contributed by atoms with E-state index in [4.69, 9.17) is 0 Å². The highest BCUT2D eigenvalue weighted by atomic mass is 16.1. The summed E-state index contributed by atoms with van der Waals surface area (Å²) >= 11 is 0. The Morgan fingerprint density at radius 1 is 1.38 bits per heavy atom. The Hall–Kier alpha value is -1.12. The van der Waals surface area contributed by atoms with Gasteiger partial charge in [-0.1, -0.05) is 26.7 Å². The Kier molecular flexibility index (Phi) is 5.23. The molecule has 0 aliphatic carbocycles. The quantitative estimate of drug-likeness (QED) is 0.665. The Balaban J connectivity index is 2.45. The van der Waals surface area contributed by atoms with Crippen molar-refractivity contribution in [3.8, 4) is 0 Å². The van der Waals surface area contributed by atoms with E-state index in [2.05, 4.69) is 18.9 Å². The van der Waals surface area contributed by atoms with Crippen molar-refractivity contribution in [2.75, 3.05) is 0 Å². The molecule has 0 spiro atoms. The zero-order valence-electron chi connectivity index (χ0n) is 10.6. The number of carbonyl (C=O) groups excluding carboxylic acids is 1. The number of hydrogen-bond acceptors (Lipinski definition) is 2. The van der Waals surface area contributed by atoms with Crippen LogP contribution in [0.1, 0.15) is 50.9 Å². The van der Waals surface area contributed by atoms with Gasteiger partial charge in [0.25, 0.3) is 0 Å². The van der Waals surface area contributed by atoms with Gasteiger partial charge in [0.1, 0.15) is 5.78 Å². The highest BCUT2D eigenvalue weighted by molar-refractivity contribution is 5.80. The lowest BCUT2D eigenvalue weighted by Crippen LogP contribution is -2.07. The lowest BCUT2D eigenvalue weighted by molar-refractivity contribution is -0.118. The predicted octanol–water partition coefficient (Wildman–Crippen LogP) is 2.67. The molecule has 16 heavy (non-hydrogen) atoms. The van der Waals surface area contributed by atoms with E-state index in [9.17, 15) is 4.79 Å². The number of Topliss-reactive ketones (excluding diaryl/α,β-unsaturated/α-hetero) is 1. The fraction of sp³-hybridized carbons (Fsp3) is 0.692. The van der Waals surface area contributed by atoms with Crippen LogP contribution in [0.25, 0.3) is 0 Å². The van der Waals surface area contributed by atoms with Crippen molar-refractivity contribution in [2.45, 2.75) is 52.4 Å². The summed E-state index contributed by atoms with van der Waals surface area (Å²) in [5.74, 6) is 0.333. The summed E-state index contributed by atoms with van der Waals surface area (Å²) in [6, 6.07) is 2.04. The second kappa shape index (κ2) is 6.46. The smallest absolute Gasteiger partial charge is 0.138 e. The number of carbonyl (C=O) groups is 1. The lowest BCUT2D eigenvalue weighted by Gasteiger charge is -2.01. The van der Waals surface area contributed by atoms with Gasteiger partial charge in [0, 0.05) is 25.6 Å². The molecule has 0 atom stereocenters. The molecule has 90 valence electrons. The van der Waals surface area contributed by atoms with Crippen molar-refractivity contribution >= 4 is 5.78 Å². The molecule has 1 aromatic rings. The van der Waals surface area contributed by atoms with E-state index in [-0.39, 0.29) is 0 Å². The summed E-state index contributed by atoms with van der Waals surface area (Å²) in [4.78, 5) is 11.7. The van der Waals surface area contributed by atoms with Gasteiger partial charge in [-0.3, -0.25) is 9.48 Å². The number of rotatable bonds is 7. The van der Waals surface area contributed by atoms with E-state index in [1.54, 1.807) is 0 Å². The molecule has 0 unspecified atom stereocenters. The molecule has 1 aromatic heterocycles. The Bertz CT molecular complexity index is 342. The third-order valence-electron chi connectivity index (χ3n) is 2.83. The summed E-state index contributed by atoms with van der Waals surface area (Å²) in [5.41, 5.74) is 2.11. The maximum absolute atomic E-state index is 11.7. The molecule has 1 heterocycles. The predicted molar refractivity (Wildman–Crippen MR) is 65.4 cm³/mol. The number of ketones is 1. The molecular formula is C13H22N2O. The van der Waals surface area contributed by atoms with Crippen LogP contribution in [0.4, 0.5) is 0 Å². The Labute approximate surface area is 97.8 Å². The van der Waals surface area contributed by atoms with Gasteiger partial charge in [-0.25, -0.2) is 0 Å². The van der Waals surface area contributed by atoms with Crippen LogP contribution in [0.2, 0.25) is 0 Å². The van der Waals surface area contributed by atoms with Crippen molar-refractivity contribution < 1.29 is 4.79 Å². The Morgan fingerprint density at radius 3 is 2.69 bits per heavy atom. The van der Waals surface area contributed by atoms with E-state index in [0.717, 1.165) is 30.7 Å². The van der Waals surface area contributed by atoms with Crippen LogP contribution < -0.4 is 0 Å². The average molecular weight is 222 g/mol. The molecule has 0 aliphatic rings. The van der Waals surface area contributed by atoms with E-state index in [1.807, 2.05) is 17.8 Å². The molecule has 0 fully saturated rings. The molecule has 0 radical (unpaired) electrons. The van der Waals surface area contributed by atoms with E-state index in [0.29, 0.717) is 18.6 Å². The fourth-order valence-corrected chi connectivity index (χ4v) is 1.77. The van der Waals surface area contributed by atoms with E-state index in [1.165, 1.54) is 6.42 Å². The van der Waals surface area contributed by atoms with E-state index >= 15 is 0 Å². The van der Waals surface area contributed by atoms with Crippen LogP contribution in [0.5, 0.6) is 0 Å². The van der Waals surface area contributed by atoms with Gasteiger partial charge in [0.05, 0.1) is 5.69 Å². The van der Waals surface area contributed by atoms with Crippen molar-refractivity contribution in [1.82, 2.24) is 9.78 Å². The first-order chi connectivity index (χ1) is 7.67. The topological polar surface area (TPSA) is 34.9 Å². The van der Waals surface area contributed by atoms with Crippen LogP contribution in [-0.2, 0) is 24.7 Å². The molecule has 0 aliphatic heterocycles. The minimum Gasteiger partial charge on any atom is -0.299 e. The summed E-state index contributed by atoms with van der Waals surface area (Å²) in [6.45, 7) is 4.23. The second-order valence-electron chi connectivity index (χ2n) is 4.28. The average Bonchev–Trinajstić information content (AvgIpc) is 2.60. The monoisotopic (exact) mass is 222 g/mol. The number of hydrogen-bond donors (Lipinski definition) is 0. The first-order valence-corrected chi connectivity index (χ1v) is 6.20. The number of nitrogens with zero attached hydrogens (tertiary/aromatic N) is 2. The van der Waals surface area contributed by atoms with Gasteiger partial charge >= 0.3 is 0 Å². The molecule has 3 heteroatoms. The van der Waals surface area contributed by atoms with Crippen molar-refractivity contribution in [3.05, 3.63) is 17.5 Å². The third-order valence-corrected chi connectivity index (χ3v) is 2.83. The molecule has 0 bridgehead atoms. The van der Waals surface area contributed by atoms with Gasteiger partial charge < -0.3 is 0 Å². The zero-order chi connectivity index (χ0) is 12.0. The van der Waals surface area contributed by atoms with Gasteiger partial charge in [-0.15, -0.1) is 0 Å². The fourth-order valence-electron chi connectivity index (χ4n) is 1.77. The van der Waals surface area contributed by atoms with Crippen LogP contribution >= 0.6 is 0 Å².